The molecule has 1 unspecified atom stereocenters. The number of halogens is 1. The lowest BCUT2D eigenvalue weighted by Gasteiger charge is -2.32. The normalized spacial score (nSPS) is 18.5. The molecule has 112 valence electrons. The lowest BCUT2D eigenvalue weighted by molar-refractivity contribution is -0.132. The molecule has 1 aliphatic rings. The molecule has 4 heteroatoms. The van der Waals surface area contributed by atoms with Gasteiger partial charge in [-0.05, 0) is 44.2 Å². The number of nitrogens with two attached hydrogens (primary N) is 1. The predicted octanol–water partition coefficient (Wildman–Crippen LogP) is 2.55. The molecule has 3 nitrogen and oxygen atoms in total. The van der Waals surface area contributed by atoms with Crippen LogP contribution in [0.25, 0.3) is 0 Å². The summed E-state index contributed by atoms with van der Waals surface area (Å²) in [7, 11) is 0. The third-order valence-electron chi connectivity index (χ3n) is 3.92. The molecule has 0 aliphatic carbocycles. The van der Waals surface area contributed by atoms with Crippen LogP contribution in [0.5, 0.6) is 0 Å². The first-order valence-corrected chi connectivity index (χ1v) is 7.22. The van der Waals surface area contributed by atoms with E-state index in [1.165, 1.54) is 12.0 Å². The number of piperidine rings is 1. The average Bonchev–Trinajstić information content (AvgIpc) is 2.42. The van der Waals surface area contributed by atoms with Crippen molar-refractivity contribution in [1.82, 2.24) is 4.90 Å². The van der Waals surface area contributed by atoms with Crippen molar-refractivity contribution in [2.24, 2.45) is 11.7 Å². The lowest BCUT2D eigenvalue weighted by atomic mass is 9.94. The second-order valence-corrected chi connectivity index (χ2v) is 5.59. The molecule has 0 spiro atoms. The molecule has 1 amide bonds. The topological polar surface area (TPSA) is 46.3 Å². The van der Waals surface area contributed by atoms with Gasteiger partial charge < -0.3 is 10.6 Å². The molecule has 1 heterocycles. The number of benzene rings is 1. The molecular formula is C16H25ClN2O. The van der Waals surface area contributed by atoms with Gasteiger partial charge in [0.1, 0.15) is 0 Å². The molecule has 20 heavy (non-hydrogen) atoms. The van der Waals surface area contributed by atoms with Crippen LogP contribution in [-0.2, 0) is 11.2 Å². The molecule has 2 rings (SSSR count). The second-order valence-electron chi connectivity index (χ2n) is 5.59. The van der Waals surface area contributed by atoms with Gasteiger partial charge in [-0.1, -0.05) is 29.8 Å². The van der Waals surface area contributed by atoms with E-state index in [1.54, 1.807) is 0 Å². The predicted molar refractivity (Wildman–Crippen MR) is 85.1 cm³/mol. The van der Waals surface area contributed by atoms with Gasteiger partial charge in [0.25, 0.3) is 0 Å². The highest BCUT2D eigenvalue weighted by Gasteiger charge is 2.22. The first-order chi connectivity index (χ1) is 9.19. The number of hydrogen-bond donors (Lipinski definition) is 1. The van der Waals surface area contributed by atoms with E-state index in [4.69, 9.17) is 5.73 Å². The molecule has 1 aromatic rings. The number of carbonyl (C=O) groups excluding carboxylic acids is 1. The number of rotatable bonds is 4. The fraction of sp³-hybridized carbons (Fsp3) is 0.562. The number of hydrogen-bond acceptors (Lipinski definition) is 2. The van der Waals surface area contributed by atoms with Crippen molar-refractivity contribution >= 4 is 18.3 Å². The quantitative estimate of drug-likeness (QED) is 0.928. The van der Waals surface area contributed by atoms with E-state index in [0.29, 0.717) is 12.3 Å². The van der Waals surface area contributed by atoms with Crippen LogP contribution >= 0.6 is 12.4 Å². The summed E-state index contributed by atoms with van der Waals surface area (Å²) < 4.78 is 0. The highest BCUT2D eigenvalue weighted by molar-refractivity contribution is 5.85. The van der Waals surface area contributed by atoms with Crippen molar-refractivity contribution in [2.75, 3.05) is 19.6 Å². The Morgan fingerprint density at radius 1 is 1.35 bits per heavy atom. The van der Waals surface area contributed by atoms with Gasteiger partial charge in [-0.25, -0.2) is 0 Å². The van der Waals surface area contributed by atoms with Crippen LogP contribution in [0.15, 0.2) is 24.3 Å². The number of aryl methyl sites for hydroxylation is 1. The molecule has 1 fully saturated rings. The van der Waals surface area contributed by atoms with Crippen molar-refractivity contribution in [1.29, 1.82) is 0 Å². The van der Waals surface area contributed by atoms with Gasteiger partial charge in [-0.15, -0.1) is 12.4 Å². The van der Waals surface area contributed by atoms with Gasteiger partial charge in [0.15, 0.2) is 0 Å². The maximum atomic E-state index is 12.3. The minimum absolute atomic E-state index is 0. The molecular weight excluding hydrogens is 272 g/mol. The van der Waals surface area contributed by atoms with E-state index in [0.717, 1.165) is 38.0 Å². The van der Waals surface area contributed by atoms with E-state index < -0.39 is 0 Å². The number of carbonyl (C=O) groups is 1. The molecule has 1 saturated heterocycles. The molecule has 0 aromatic heterocycles. The van der Waals surface area contributed by atoms with Crippen LogP contribution in [0.2, 0.25) is 0 Å². The fourth-order valence-corrected chi connectivity index (χ4v) is 2.76. The van der Waals surface area contributed by atoms with E-state index in [1.807, 2.05) is 4.90 Å². The Labute approximate surface area is 127 Å². The van der Waals surface area contributed by atoms with Crippen molar-refractivity contribution < 1.29 is 4.79 Å². The smallest absolute Gasteiger partial charge is 0.226 e. The Kier molecular flexibility index (Phi) is 7.03. The average molecular weight is 297 g/mol. The van der Waals surface area contributed by atoms with Gasteiger partial charge in [0.05, 0.1) is 6.42 Å². The monoisotopic (exact) mass is 296 g/mol. The van der Waals surface area contributed by atoms with Crippen LogP contribution in [0, 0.1) is 12.8 Å². The first-order valence-electron chi connectivity index (χ1n) is 7.22. The Bertz CT molecular complexity index is 417. The summed E-state index contributed by atoms with van der Waals surface area (Å²) in [5.74, 6) is 0.853. The number of likely N-dealkylation sites (tertiary alicyclic amines) is 1. The van der Waals surface area contributed by atoms with Crippen LogP contribution < -0.4 is 5.73 Å². The molecule has 1 atom stereocenters. The lowest BCUT2D eigenvalue weighted by Crippen LogP contribution is -2.41. The third kappa shape index (κ3) is 4.80. The van der Waals surface area contributed by atoms with Gasteiger partial charge in [0.2, 0.25) is 5.91 Å². The molecule has 0 saturated carbocycles. The minimum Gasteiger partial charge on any atom is -0.342 e. The summed E-state index contributed by atoms with van der Waals surface area (Å²) in [6, 6.07) is 8.23. The number of amides is 1. The van der Waals surface area contributed by atoms with Gasteiger partial charge >= 0.3 is 0 Å². The summed E-state index contributed by atoms with van der Waals surface area (Å²) in [6.45, 7) is 4.59. The summed E-state index contributed by atoms with van der Waals surface area (Å²) in [5, 5.41) is 0. The van der Waals surface area contributed by atoms with Crippen LogP contribution in [0.1, 0.15) is 30.4 Å². The van der Waals surface area contributed by atoms with Crippen LogP contribution in [-0.4, -0.2) is 30.4 Å². The third-order valence-corrected chi connectivity index (χ3v) is 3.92. The van der Waals surface area contributed by atoms with E-state index in [2.05, 4.69) is 31.2 Å². The maximum Gasteiger partial charge on any atom is 0.226 e. The zero-order valence-electron chi connectivity index (χ0n) is 12.2. The Morgan fingerprint density at radius 2 is 2.05 bits per heavy atom. The SMILES string of the molecule is Cc1ccc(CC(=O)N2CCCC(CCN)C2)cc1.Cl. The molecule has 0 bridgehead atoms. The van der Waals surface area contributed by atoms with Gasteiger partial charge in [-0.3, -0.25) is 4.79 Å². The summed E-state index contributed by atoms with van der Waals surface area (Å²) in [4.78, 5) is 14.3. The Morgan fingerprint density at radius 3 is 2.70 bits per heavy atom. The van der Waals surface area contributed by atoms with E-state index in [9.17, 15) is 4.79 Å². The summed E-state index contributed by atoms with van der Waals surface area (Å²) >= 11 is 0. The van der Waals surface area contributed by atoms with Gasteiger partial charge in [-0.2, -0.15) is 0 Å². The minimum atomic E-state index is 0. The second kappa shape index (κ2) is 8.28. The first kappa shape index (κ1) is 17.0. The zero-order valence-corrected chi connectivity index (χ0v) is 13.0. The fourth-order valence-electron chi connectivity index (χ4n) is 2.76. The maximum absolute atomic E-state index is 12.3. The summed E-state index contributed by atoms with van der Waals surface area (Å²) in [6.07, 6.45) is 3.89. The van der Waals surface area contributed by atoms with Crippen molar-refractivity contribution in [2.45, 2.75) is 32.6 Å². The van der Waals surface area contributed by atoms with E-state index in [-0.39, 0.29) is 18.3 Å². The molecule has 1 aromatic carbocycles. The van der Waals surface area contributed by atoms with Crippen molar-refractivity contribution in [3.05, 3.63) is 35.4 Å². The highest BCUT2D eigenvalue weighted by atomic mass is 35.5. The Hall–Kier alpha value is -1.06. The van der Waals surface area contributed by atoms with Gasteiger partial charge in [0, 0.05) is 13.1 Å². The highest BCUT2D eigenvalue weighted by Crippen LogP contribution is 2.19. The van der Waals surface area contributed by atoms with Crippen LogP contribution in [0.3, 0.4) is 0 Å². The van der Waals surface area contributed by atoms with E-state index >= 15 is 0 Å². The molecule has 2 N–H and O–H groups in total. The molecule has 0 radical (unpaired) electrons. The number of nitrogens with zero attached hydrogens (tertiary/aromatic N) is 1. The van der Waals surface area contributed by atoms with Crippen LogP contribution in [0.4, 0.5) is 0 Å². The largest absolute Gasteiger partial charge is 0.342 e. The van der Waals surface area contributed by atoms with Crippen molar-refractivity contribution in [3.8, 4) is 0 Å². The van der Waals surface area contributed by atoms with Crippen molar-refractivity contribution in [3.63, 3.8) is 0 Å². The molecule has 1 aliphatic heterocycles. The Balaban J connectivity index is 0.00000200. The standard InChI is InChI=1S/C16H24N2O.ClH/c1-13-4-6-14(7-5-13)11-16(19)18-10-2-3-15(12-18)8-9-17;/h4-7,15H,2-3,8-12,17H2,1H3;1H. The zero-order chi connectivity index (χ0) is 13.7. The summed E-state index contributed by atoms with van der Waals surface area (Å²) in [5.41, 5.74) is 7.96.